The molecule has 0 saturated carbocycles. The summed E-state index contributed by atoms with van der Waals surface area (Å²) in [5.41, 5.74) is 2.98. The molecule has 0 bridgehead atoms. The minimum Gasteiger partial charge on any atom is -0.321 e. The molecule has 0 aliphatic heterocycles. The number of aromatic nitrogens is 6. The van der Waals surface area contributed by atoms with Crippen LogP contribution in [0, 0.1) is 12.7 Å². The molecule has 3 aromatic heterocycles. The molecule has 0 aliphatic carbocycles. The van der Waals surface area contributed by atoms with Crippen LogP contribution in [0.3, 0.4) is 0 Å². The lowest BCUT2D eigenvalue weighted by Crippen LogP contribution is -2.10. The van der Waals surface area contributed by atoms with Crippen LogP contribution >= 0.6 is 11.3 Å². The van der Waals surface area contributed by atoms with Crippen molar-refractivity contribution in [1.82, 2.24) is 30.0 Å². The molecule has 5 aromatic rings. The Morgan fingerprint density at radius 1 is 1.07 bits per heavy atom. The van der Waals surface area contributed by atoms with Crippen molar-refractivity contribution < 1.29 is 9.18 Å². The second-order valence-corrected chi connectivity index (χ2v) is 7.59. The summed E-state index contributed by atoms with van der Waals surface area (Å²) >= 11 is 1.34. The zero-order valence-corrected chi connectivity index (χ0v) is 16.5. The van der Waals surface area contributed by atoms with Crippen LogP contribution in [0.25, 0.3) is 21.6 Å². The quantitative estimate of drug-likeness (QED) is 0.479. The number of carbonyl (C=O) groups is 1. The first kappa shape index (κ1) is 18.1. The van der Waals surface area contributed by atoms with Crippen molar-refractivity contribution in [2.24, 2.45) is 0 Å². The molecule has 30 heavy (non-hydrogen) atoms. The molecule has 2 aromatic carbocycles. The van der Waals surface area contributed by atoms with E-state index >= 15 is 0 Å². The molecule has 0 spiro atoms. The average Bonchev–Trinajstić information content (AvgIpc) is 3.48. The number of hydrogen-bond acceptors (Lipinski definition) is 6. The maximum Gasteiger partial charge on any atom is 0.265 e. The highest BCUT2D eigenvalue weighted by Crippen LogP contribution is 2.31. The molecular weight excluding hydrogens is 405 g/mol. The Balaban J connectivity index is 1.41. The highest BCUT2D eigenvalue weighted by atomic mass is 32.1. The zero-order valence-electron chi connectivity index (χ0n) is 15.7. The number of hydrogen-bond donors (Lipinski definition) is 1. The molecule has 0 aliphatic rings. The maximum absolute atomic E-state index is 13.3. The molecule has 1 N–H and O–H groups in total. The largest absolute Gasteiger partial charge is 0.321 e. The number of thiophene rings is 1. The second kappa shape index (κ2) is 7.16. The van der Waals surface area contributed by atoms with Gasteiger partial charge in [-0.2, -0.15) is 5.10 Å². The normalized spacial score (nSPS) is 11.1. The molecule has 148 valence electrons. The average molecular weight is 419 g/mol. The van der Waals surface area contributed by atoms with E-state index in [1.807, 2.05) is 25.1 Å². The number of tetrazole rings is 1. The van der Waals surface area contributed by atoms with E-state index in [0.717, 1.165) is 27.3 Å². The SMILES string of the molecule is Cc1nn(-c2ccc(F)cc2)c2sc(C(=O)Nc3ccc(-n4cnnn4)cc3)cc12. The zero-order chi connectivity index (χ0) is 20.7. The number of nitrogens with one attached hydrogen (secondary N) is 1. The topological polar surface area (TPSA) is 90.5 Å². The maximum atomic E-state index is 13.3. The summed E-state index contributed by atoms with van der Waals surface area (Å²) in [5.74, 6) is -0.521. The van der Waals surface area contributed by atoms with E-state index in [4.69, 9.17) is 0 Å². The molecule has 0 radical (unpaired) electrons. The fourth-order valence-corrected chi connectivity index (χ4v) is 4.16. The van der Waals surface area contributed by atoms with Crippen molar-refractivity contribution in [2.75, 3.05) is 5.32 Å². The van der Waals surface area contributed by atoms with E-state index in [1.165, 1.54) is 34.5 Å². The fraction of sp³-hybridized carbons (Fsp3) is 0.0500. The second-order valence-electron chi connectivity index (χ2n) is 6.56. The molecule has 0 saturated heterocycles. The third-order valence-corrected chi connectivity index (χ3v) is 5.69. The summed E-state index contributed by atoms with van der Waals surface area (Å²) in [7, 11) is 0. The Kier molecular flexibility index (Phi) is 4.32. The lowest BCUT2D eigenvalue weighted by Gasteiger charge is -2.05. The van der Waals surface area contributed by atoms with E-state index in [-0.39, 0.29) is 11.7 Å². The van der Waals surface area contributed by atoms with Crippen molar-refractivity contribution >= 4 is 33.1 Å². The summed E-state index contributed by atoms with van der Waals surface area (Å²) in [6, 6.07) is 15.1. The number of carbonyl (C=O) groups excluding carboxylic acids is 1. The smallest absolute Gasteiger partial charge is 0.265 e. The van der Waals surface area contributed by atoms with Gasteiger partial charge in [-0.15, -0.1) is 16.4 Å². The van der Waals surface area contributed by atoms with Gasteiger partial charge in [-0.3, -0.25) is 4.79 Å². The number of rotatable bonds is 4. The van der Waals surface area contributed by atoms with E-state index in [9.17, 15) is 9.18 Å². The first-order chi connectivity index (χ1) is 14.6. The van der Waals surface area contributed by atoms with Gasteiger partial charge in [0, 0.05) is 11.1 Å². The van der Waals surface area contributed by atoms with Crippen LogP contribution in [0.15, 0.2) is 60.9 Å². The Bertz CT molecular complexity index is 1340. The summed E-state index contributed by atoms with van der Waals surface area (Å²) in [6.07, 6.45) is 1.50. The Morgan fingerprint density at radius 3 is 2.50 bits per heavy atom. The van der Waals surface area contributed by atoms with Crippen LogP contribution in [0.1, 0.15) is 15.4 Å². The summed E-state index contributed by atoms with van der Waals surface area (Å²) in [5, 5.41) is 19.4. The molecule has 0 atom stereocenters. The van der Waals surface area contributed by atoms with Crippen molar-refractivity contribution in [3.05, 3.63) is 77.3 Å². The van der Waals surface area contributed by atoms with Gasteiger partial charge in [0.25, 0.3) is 5.91 Å². The van der Waals surface area contributed by atoms with Gasteiger partial charge in [0.05, 0.1) is 21.9 Å². The number of amides is 1. The van der Waals surface area contributed by atoms with Gasteiger partial charge in [-0.1, -0.05) is 0 Å². The standard InChI is InChI=1S/C20H14FN7OS/c1-12-17-10-18(30-20(17)28(24-12)16-6-2-13(21)3-7-16)19(29)23-14-4-8-15(9-5-14)27-11-22-25-26-27/h2-11H,1H3,(H,23,29). The van der Waals surface area contributed by atoms with Gasteiger partial charge < -0.3 is 5.32 Å². The highest BCUT2D eigenvalue weighted by Gasteiger charge is 2.17. The summed E-state index contributed by atoms with van der Waals surface area (Å²) < 4.78 is 16.5. The monoisotopic (exact) mass is 419 g/mol. The van der Waals surface area contributed by atoms with Crippen LogP contribution in [0.4, 0.5) is 10.1 Å². The van der Waals surface area contributed by atoms with E-state index in [2.05, 4.69) is 25.9 Å². The van der Waals surface area contributed by atoms with E-state index < -0.39 is 0 Å². The van der Waals surface area contributed by atoms with Crippen molar-refractivity contribution in [2.45, 2.75) is 6.92 Å². The van der Waals surface area contributed by atoms with Crippen LogP contribution in [-0.4, -0.2) is 35.9 Å². The van der Waals surface area contributed by atoms with Crippen LogP contribution in [0.2, 0.25) is 0 Å². The van der Waals surface area contributed by atoms with Crippen molar-refractivity contribution in [3.63, 3.8) is 0 Å². The number of nitrogens with zero attached hydrogens (tertiary/aromatic N) is 6. The van der Waals surface area contributed by atoms with Gasteiger partial charge >= 0.3 is 0 Å². The minimum atomic E-state index is -0.309. The van der Waals surface area contributed by atoms with Crippen LogP contribution in [0.5, 0.6) is 0 Å². The van der Waals surface area contributed by atoms with Crippen molar-refractivity contribution in [1.29, 1.82) is 0 Å². The Hall–Kier alpha value is -3.92. The third-order valence-electron chi connectivity index (χ3n) is 4.58. The van der Waals surface area contributed by atoms with Crippen LogP contribution in [-0.2, 0) is 0 Å². The van der Waals surface area contributed by atoms with Crippen LogP contribution < -0.4 is 5.32 Å². The van der Waals surface area contributed by atoms with Crippen molar-refractivity contribution in [3.8, 4) is 11.4 Å². The highest BCUT2D eigenvalue weighted by molar-refractivity contribution is 7.20. The fourth-order valence-electron chi connectivity index (χ4n) is 3.09. The van der Waals surface area contributed by atoms with Gasteiger partial charge in [0.1, 0.15) is 17.0 Å². The molecule has 0 fully saturated rings. The molecular formula is C20H14FN7OS. The molecule has 5 rings (SSSR count). The lowest BCUT2D eigenvalue weighted by molar-refractivity contribution is 0.103. The number of aryl methyl sites for hydroxylation is 1. The molecule has 8 nitrogen and oxygen atoms in total. The number of anilines is 1. The number of fused-ring (bicyclic) bond motifs is 1. The number of benzene rings is 2. The van der Waals surface area contributed by atoms with E-state index in [1.54, 1.807) is 28.9 Å². The van der Waals surface area contributed by atoms with Gasteiger partial charge in [-0.05, 0) is 71.9 Å². The van der Waals surface area contributed by atoms with Gasteiger partial charge in [0.2, 0.25) is 0 Å². The predicted molar refractivity (Wildman–Crippen MR) is 111 cm³/mol. The van der Waals surface area contributed by atoms with Gasteiger partial charge in [0.15, 0.2) is 0 Å². The molecule has 0 unspecified atom stereocenters. The lowest BCUT2D eigenvalue weighted by atomic mass is 10.2. The van der Waals surface area contributed by atoms with E-state index in [0.29, 0.717) is 10.6 Å². The molecule has 3 heterocycles. The number of halogens is 1. The Morgan fingerprint density at radius 2 is 1.80 bits per heavy atom. The molecule has 1 amide bonds. The predicted octanol–water partition coefficient (Wildman–Crippen LogP) is 3.76. The summed E-state index contributed by atoms with van der Waals surface area (Å²) in [6.45, 7) is 1.88. The van der Waals surface area contributed by atoms with Gasteiger partial charge in [-0.25, -0.2) is 13.8 Å². The molecule has 10 heteroatoms. The first-order valence-corrected chi connectivity index (χ1v) is 9.80. The minimum absolute atomic E-state index is 0.212. The first-order valence-electron chi connectivity index (χ1n) is 8.98. The summed E-state index contributed by atoms with van der Waals surface area (Å²) in [4.78, 5) is 14.2. The third kappa shape index (κ3) is 3.22. The Labute approximate surface area is 173 Å².